The van der Waals surface area contributed by atoms with Crippen LogP contribution in [-0.4, -0.2) is 64.3 Å². The maximum absolute atomic E-state index is 11.9. The van der Waals surface area contributed by atoms with Crippen molar-refractivity contribution < 1.29 is 29.2 Å². The Bertz CT molecular complexity index is 440. The summed E-state index contributed by atoms with van der Waals surface area (Å²) in [5.41, 5.74) is 0. The van der Waals surface area contributed by atoms with Gasteiger partial charge in [0.15, 0.2) is 12.0 Å². The summed E-state index contributed by atoms with van der Waals surface area (Å²) in [5, 5.41) is 21.1. The largest absolute Gasteiger partial charge is 0.394 e. The van der Waals surface area contributed by atoms with Crippen LogP contribution in [0, 0.1) is 0 Å². The third-order valence-corrected chi connectivity index (χ3v) is 3.51. The molecule has 8 nitrogen and oxygen atoms in total. The minimum Gasteiger partial charge on any atom is -0.394 e. The molecule has 2 fully saturated rings. The quantitative estimate of drug-likeness (QED) is 0.607. The van der Waals surface area contributed by atoms with Crippen molar-refractivity contribution >= 4 is 6.03 Å². The van der Waals surface area contributed by atoms with Crippen LogP contribution in [0.3, 0.4) is 0 Å². The topological polar surface area (TPSA) is 100 Å². The van der Waals surface area contributed by atoms with E-state index < -0.39 is 42.6 Å². The van der Waals surface area contributed by atoms with Gasteiger partial charge in [-0.2, -0.15) is 0 Å². The van der Waals surface area contributed by atoms with E-state index in [0.717, 1.165) is 0 Å². The molecule has 2 saturated heterocycles. The Hall–Kier alpha value is -1.19. The molecule has 3 rings (SSSR count). The fraction of sp³-hybridized carbons (Fsp3) is 0.750. The van der Waals surface area contributed by atoms with E-state index in [1.807, 2.05) is 0 Å². The number of aliphatic hydroxyl groups is 2. The Morgan fingerprint density at radius 2 is 2.10 bits per heavy atom. The lowest BCUT2D eigenvalue weighted by molar-refractivity contribution is -0.201. The number of hydrogen-bond acceptors (Lipinski definition) is 6. The van der Waals surface area contributed by atoms with Crippen molar-refractivity contribution in [3.05, 3.63) is 12.3 Å². The summed E-state index contributed by atoms with van der Waals surface area (Å²) >= 11 is 0. The van der Waals surface area contributed by atoms with Crippen molar-refractivity contribution in [1.29, 1.82) is 0 Å². The molecule has 0 saturated carbocycles. The van der Waals surface area contributed by atoms with E-state index >= 15 is 0 Å². The molecule has 2 amide bonds. The molecule has 0 aliphatic carbocycles. The zero-order chi connectivity index (χ0) is 14.5. The molecule has 20 heavy (non-hydrogen) atoms. The van der Waals surface area contributed by atoms with E-state index in [1.165, 1.54) is 17.2 Å². The summed E-state index contributed by atoms with van der Waals surface area (Å²) in [7, 11) is 0. The number of amides is 2. The lowest BCUT2D eigenvalue weighted by Crippen LogP contribution is -2.53. The van der Waals surface area contributed by atoms with Gasteiger partial charge in [-0.05, 0) is 19.9 Å². The molecule has 3 N–H and O–H groups in total. The van der Waals surface area contributed by atoms with Gasteiger partial charge in [-0.3, -0.25) is 4.90 Å². The number of carbonyl (C=O) groups excluding carboxylic acids is 1. The molecular formula is C12H18N2O6. The van der Waals surface area contributed by atoms with Crippen molar-refractivity contribution in [1.82, 2.24) is 10.2 Å². The van der Waals surface area contributed by atoms with E-state index in [2.05, 4.69) is 5.32 Å². The molecular weight excluding hydrogens is 268 g/mol. The van der Waals surface area contributed by atoms with Gasteiger partial charge in [0.1, 0.15) is 24.5 Å². The minimum atomic E-state index is -1.01. The first-order valence-electron chi connectivity index (χ1n) is 6.48. The third kappa shape index (κ3) is 2.19. The highest BCUT2D eigenvalue weighted by Crippen LogP contribution is 2.39. The van der Waals surface area contributed by atoms with E-state index in [0.29, 0.717) is 0 Å². The van der Waals surface area contributed by atoms with Crippen molar-refractivity contribution in [2.75, 3.05) is 6.61 Å². The highest BCUT2D eigenvalue weighted by atomic mass is 16.8. The first-order chi connectivity index (χ1) is 9.41. The van der Waals surface area contributed by atoms with Crippen LogP contribution >= 0.6 is 0 Å². The van der Waals surface area contributed by atoms with Crippen LogP contribution in [0.2, 0.25) is 0 Å². The molecule has 0 bridgehead atoms. The van der Waals surface area contributed by atoms with Gasteiger partial charge in [0, 0.05) is 6.20 Å². The zero-order valence-electron chi connectivity index (χ0n) is 11.2. The number of nitrogens with one attached hydrogen (secondary N) is 1. The van der Waals surface area contributed by atoms with E-state index in [1.54, 1.807) is 13.8 Å². The molecule has 3 heterocycles. The van der Waals surface area contributed by atoms with Crippen LogP contribution in [0.4, 0.5) is 4.79 Å². The normalized spacial score (nSPS) is 42.7. The summed E-state index contributed by atoms with van der Waals surface area (Å²) < 4.78 is 17.1. The Morgan fingerprint density at radius 1 is 1.40 bits per heavy atom. The minimum absolute atomic E-state index is 0.223. The lowest BCUT2D eigenvalue weighted by Gasteiger charge is -2.32. The van der Waals surface area contributed by atoms with Crippen molar-refractivity contribution in [3.8, 4) is 0 Å². The maximum Gasteiger partial charge on any atom is 0.325 e. The highest BCUT2D eigenvalue weighted by molar-refractivity contribution is 5.77. The number of ether oxygens (including phenoxy) is 3. The zero-order valence-corrected chi connectivity index (χ0v) is 11.2. The third-order valence-electron chi connectivity index (χ3n) is 3.51. The van der Waals surface area contributed by atoms with Gasteiger partial charge in [0.05, 0.1) is 6.61 Å². The Morgan fingerprint density at radius 3 is 2.75 bits per heavy atom. The molecule has 1 unspecified atom stereocenters. The van der Waals surface area contributed by atoms with Crippen molar-refractivity contribution in [2.24, 2.45) is 0 Å². The van der Waals surface area contributed by atoms with E-state index in [4.69, 9.17) is 14.2 Å². The van der Waals surface area contributed by atoms with Crippen LogP contribution in [-0.2, 0) is 14.2 Å². The number of hydrogen-bond donors (Lipinski definition) is 3. The van der Waals surface area contributed by atoms with Gasteiger partial charge in [-0.15, -0.1) is 0 Å². The van der Waals surface area contributed by atoms with Gasteiger partial charge >= 0.3 is 6.03 Å². The van der Waals surface area contributed by atoms with Gasteiger partial charge < -0.3 is 29.7 Å². The fourth-order valence-electron chi connectivity index (χ4n) is 2.72. The smallest absolute Gasteiger partial charge is 0.325 e. The summed E-state index contributed by atoms with van der Waals surface area (Å²) in [5.74, 6) is -0.791. The summed E-state index contributed by atoms with van der Waals surface area (Å²) in [6, 6.07) is -0.490. The number of rotatable bonds is 2. The van der Waals surface area contributed by atoms with Crippen LogP contribution in [0.1, 0.15) is 13.8 Å². The van der Waals surface area contributed by atoms with Crippen molar-refractivity contribution in [3.63, 3.8) is 0 Å². The SMILES string of the molecule is CC1(C)O[C@@H]2[C@H](O1)[C@@H](CO)O[C@H]2N1C=CC(O)NC1=O. The molecule has 0 aromatic rings. The first-order valence-corrected chi connectivity index (χ1v) is 6.48. The van der Waals surface area contributed by atoms with Crippen LogP contribution < -0.4 is 5.32 Å². The second-order valence-corrected chi connectivity index (χ2v) is 5.46. The van der Waals surface area contributed by atoms with Gasteiger partial charge in [0.2, 0.25) is 0 Å². The summed E-state index contributed by atoms with van der Waals surface area (Å²) in [4.78, 5) is 13.2. The van der Waals surface area contributed by atoms with Gasteiger partial charge in [-0.25, -0.2) is 4.79 Å². The Labute approximate surface area is 115 Å². The number of fused-ring (bicyclic) bond motifs is 1. The lowest BCUT2D eigenvalue weighted by atomic mass is 10.1. The molecule has 3 aliphatic rings. The molecule has 0 aromatic carbocycles. The molecule has 0 radical (unpaired) electrons. The van der Waals surface area contributed by atoms with Crippen LogP contribution in [0.15, 0.2) is 12.3 Å². The maximum atomic E-state index is 11.9. The second-order valence-electron chi connectivity index (χ2n) is 5.46. The van der Waals surface area contributed by atoms with Gasteiger partial charge in [-0.1, -0.05) is 0 Å². The van der Waals surface area contributed by atoms with E-state index in [-0.39, 0.29) is 6.61 Å². The monoisotopic (exact) mass is 286 g/mol. The van der Waals surface area contributed by atoms with Gasteiger partial charge in [0.25, 0.3) is 0 Å². The van der Waals surface area contributed by atoms with E-state index in [9.17, 15) is 15.0 Å². The van der Waals surface area contributed by atoms with Crippen LogP contribution in [0.25, 0.3) is 0 Å². The molecule has 112 valence electrons. The standard InChI is InChI=1S/C12H18N2O6/c1-12(2)19-8-6(5-15)18-10(9(8)20-12)14-4-3-7(16)13-11(14)17/h3-4,6-10,15-16H,5H2,1-2H3,(H,13,17)/t6-,7?,8-,9-,10-/m1/s1. The number of nitrogens with zero attached hydrogens (tertiary/aromatic N) is 1. The summed E-state index contributed by atoms with van der Waals surface area (Å²) in [6.45, 7) is 3.32. The highest BCUT2D eigenvalue weighted by Gasteiger charge is 2.57. The number of urea groups is 1. The Kier molecular flexibility index (Phi) is 3.22. The average Bonchev–Trinajstić information content (AvgIpc) is 2.83. The Balaban J connectivity index is 1.83. The number of carbonyl (C=O) groups is 1. The molecule has 0 spiro atoms. The molecule has 0 aromatic heterocycles. The second kappa shape index (κ2) is 4.68. The predicted octanol–water partition coefficient (Wildman–Crippen LogP) is -0.919. The molecule has 5 atom stereocenters. The predicted molar refractivity (Wildman–Crippen MR) is 65.1 cm³/mol. The van der Waals surface area contributed by atoms with Crippen LogP contribution in [0.5, 0.6) is 0 Å². The van der Waals surface area contributed by atoms with Crippen molar-refractivity contribution in [2.45, 2.75) is 50.4 Å². The fourth-order valence-corrected chi connectivity index (χ4v) is 2.72. The first kappa shape index (κ1) is 13.8. The molecule has 8 heteroatoms. The molecule has 3 aliphatic heterocycles. The average molecular weight is 286 g/mol. The number of aliphatic hydroxyl groups excluding tert-OH is 2. The summed E-state index contributed by atoms with van der Waals surface area (Å²) in [6.07, 6.45) is -0.336.